The van der Waals surface area contributed by atoms with Crippen molar-refractivity contribution in [2.24, 2.45) is 0 Å². The summed E-state index contributed by atoms with van der Waals surface area (Å²) in [7, 11) is 1.43. The highest BCUT2D eigenvalue weighted by molar-refractivity contribution is 5.82. The Bertz CT molecular complexity index is 340. The van der Waals surface area contributed by atoms with E-state index < -0.39 is 5.41 Å². The van der Waals surface area contributed by atoms with Crippen molar-refractivity contribution in [1.29, 1.82) is 0 Å². The second-order valence-electron chi connectivity index (χ2n) is 4.04. The van der Waals surface area contributed by atoms with E-state index in [2.05, 4.69) is 0 Å². The normalized spacial score (nSPS) is 14.4. The fourth-order valence-electron chi connectivity index (χ4n) is 1.61. The van der Waals surface area contributed by atoms with Crippen molar-refractivity contribution in [2.75, 3.05) is 7.11 Å². The van der Waals surface area contributed by atoms with Crippen molar-refractivity contribution in [3.8, 4) is 0 Å². The van der Waals surface area contributed by atoms with Gasteiger partial charge in [-0.25, -0.2) is 0 Å². The molecule has 15 heavy (non-hydrogen) atoms. The summed E-state index contributed by atoms with van der Waals surface area (Å²) in [6.45, 7) is 5.95. The topological polar surface area (TPSA) is 26.3 Å². The summed E-state index contributed by atoms with van der Waals surface area (Å²) in [5.41, 5.74) is 1.69. The van der Waals surface area contributed by atoms with E-state index in [1.807, 2.05) is 45.0 Å². The first-order valence-corrected chi connectivity index (χ1v) is 5.20. The number of methoxy groups -OCH3 is 1. The Morgan fingerprint density at radius 1 is 1.33 bits per heavy atom. The van der Waals surface area contributed by atoms with Crippen molar-refractivity contribution in [3.05, 3.63) is 35.4 Å². The Labute approximate surface area is 91.3 Å². The number of benzene rings is 1. The van der Waals surface area contributed by atoms with Gasteiger partial charge in [0.15, 0.2) is 0 Å². The van der Waals surface area contributed by atoms with E-state index in [0.29, 0.717) is 0 Å². The molecule has 0 heterocycles. The summed E-state index contributed by atoms with van der Waals surface area (Å²) in [4.78, 5) is 11.7. The fraction of sp³-hybridized carbons (Fsp3) is 0.462. The van der Waals surface area contributed by atoms with Gasteiger partial charge in [0.05, 0.1) is 12.5 Å². The van der Waals surface area contributed by atoms with E-state index in [0.717, 1.165) is 12.0 Å². The van der Waals surface area contributed by atoms with Crippen molar-refractivity contribution >= 4 is 5.97 Å². The Kier molecular flexibility index (Phi) is 3.51. The number of rotatable bonds is 3. The van der Waals surface area contributed by atoms with Crippen LogP contribution in [0.4, 0.5) is 0 Å². The number of hydrogen-bond acceptors (Lipinski definition) is 2. The maximum absolute atomic E-state index is 11.7. The van der Waals surface area contributed by atoms with Gasteiger partial charge in [-0.1, -0.05) is 36.8 Å². The summed E-state index contributed by atoms with van der Waals surface area (Å²) in [5, 5.41) is 0. The molecule has 0 radical (unpaired) electrons. The van der Waals surface area contributed by atoms with E-state index >= 15 is 0 Å². The van der Waals surface area contributed by atoms with E-state index in [-0.39, 0.29) is 5.97 Å². The van der Waals surface area contributed by atoms with Crippen LogP contribution in [-0.4, -0.2) is 13.1 Å². The lowest BCUT2D eigenvalue weighted by Crippen LogP contribution is -2.32. The van der Waals surface area contributed by atoms with Gasteiger partial charge in [0, 0.05) is 0 Å². The minimum absolute atomic E-state index is 0.172. The molecule has 0 saturated carbocycles. The van der Waals surface area contributed by atoms with Crippen LogP contribution in [0.15, 0.2) is 24.3 Å². The molecule has 82 valence electrons. The number of esters is 1. The van der Waals surface area contributed by atoms with Crippen LogP contribution in [0.3, 0.4) is 0 Å². The molecular weight excluding hydrogens is 188 g/mol. The third kappa shape index (κ3) is 2.20. The zero-order valence-corrected chi connectivity index (χ0v) is 9.83. The average molecular weight is 206 g/mol. The molecule has 1 aromatic rings. The van der Waals surface area contributed by atoms with Gasteiger partial charge in [-0.15, -0.1) is 0 Å². The molecule has 2 nitrogen and oxygen atoms in total. The third-order valence-electron chi connectivity index (χ3n) is 3.03. The molecule has 1 unspecified atom stereocenters. The largest absolute Gasteiger partial charge is 0.468 e. The van der Waals surface area contributed by atoms with Crippen LogP contribution in [0.25, 0.3) is 0 Å². The molecule has 1 atom stereocenters. The van der Waals surface area contributed by atoms with E-state index in [1.54, 1.807) is 0 Å². The molecule has 1 aromatic carbocycles. The zero-order chi connectivity index (χ0) is 11.5. The summed E-state index contributed by atoms with van der Waals surface area (Å²) in [5.74, 6) is -0.172. The number of carbonyl (C=O) groups is 1. The highest BCUT2D eigenvalue weighted by Crippen LogP contribution is 2.28. The van der Waals surface area contributed by atoms with Crippen molar-refractivity contribution in [3.63, 3.8) is 0 Å². The van der Waals surface area contributed by atoms with Crippen LogP contribution < -0.4 is 0 Å². The molecule has 0 aromatic heterocycles. The predicted molar refractivity (Wildman–Crippen MR) is 60.8 cm³/mol. The first-order chi connectivity index (χ1) is 7.04. The lowest BCUT2D eigenvalue weighted by Gasteiger charge is -2.25. The molecule has 0 aliphatic rings. The average Bonchev–Trinajstić information content (AvgIpc) is 2.27. The lowest BCUT2D eigenvalue weighted by atomic mass is 9.80. The second kappa shape index (κ2) is 4.47. The van der Waals surface area contributed by atoms with Gasteiger partial charge in [-0.2, -0.15) is 0 Å². The Morgan fingerprint density at radius 2 is 1.87 bits per heavy atom. The fourth-order valence-corrected chi connectivity index (χ4v) is 1.61. The van der Waals surface area contributed by atoms with Gasteiger partial charge in [0.25, 0.3) is 0 Å². The number of carbonyl (C=O) groups excluding carboxylic acids is 1. The monoisotopic (exact) mass is 206 g/mol. The van der Waals surface area contributed by atoms with Gasteiger partial charge in [0.1, 0.15) is 0 Å². The molecule has 0 spiro atoms. The first kappa shape index (κ1) is 11.8. The van der Waals surface area contributed by atoms with Crippen LogP contribution in [0, 0.1) is 6.92 Å². The number of hydrogen-bond donors (Lipinski definition) is 0. The summed E-state index contributed by atoms with van der Waals surface area (Å²) >= 11 is 0. The van der Waals surface area contributed by atoms with Gasteiger partial charge < -0.3 is 4.74 Å². The van der Waals surface area contributed by atoms with E-state index in [4.69, 9.17) is 4.74 Å². The predicted octanol–water partition coefficient (Wildman–Crippen LogP) is 2.84. The maximum Gasteiger partial charge on any atom is 0.315 e. The zero-order valence-electron chi connectivity index (χ0n) is 9.83. The minimum atomic E-state index is -0.525. The molecule has 2 heteroatoms. The summed E-state index contributed by atoms with van der Waals surface area (Å²) in [6, 6.07) is 8.03. The van der Waals surface area contributed by atoms with Crippen LogP contribution >= 0.6 is 0 Å². The molecule has 0 saturated heterocycles. The molecular formula is C13H18O2. The standard InChI is InChI=1S/C13H18O2/c1-5-13(3,12(14)15-4)11-8-6-10(2)7-9-11/h6-9H,5H2,1-4H3. The molecule has 0 amide bonds. The van der Waals surface area contributed by atoms with Crippen LogP contribution in [0.2, 0.25) is 0 Å². The first-order valence-electron chi connectivity index (χ1n) is 5.20. The minimum Gasteiger partial charge on any atom is -0.468 e. The van der Waals surface area contributed by atoms with Gasteiger partial charge in [0.2, 0.25) is 0 Å². The Balaban J connectivity index is 3.11. The second-order valence-corrected chi connectivity index (χ2v) is 4.04. The summed E-state index contributed by atoms with van der Waals surface area (Å²) < 4.78 is 4.85. The third-order valence-corrected chi connectivity index (χ3v) is 3.03. The molecule has 1 rings (SSSR count). The van der Waals surface area contributed by atoms with Crippen LogP contribution in [0.1, 0.15) is 31.4 Å². The quantitative estimate of drug-likeness (QED) is 0.711. The smallest absolute Gasteiger partial charge is 0.315 e. The van der Waals surface area contributed by atoms with Gasteiger partial charge in [-0.3, -0.25) is 4.79 Å². The lowest BCUT2D eigenvalue weighted by molar-refractivity contribution is -0.147. The maximum atomic E-state index is 11.7. The van der Waals surface area contributed by atoms with Crippen molar-refractivity contribution in [1.82, 2.24) is 0 Å². The van der Waals surface area contributed by atoms with Gasteiger partial charge in [-0.05, 0) is 25.8 Å². The van der Waals surface area contributed by atoms with E-state index in [1.165, 1.54) is 12.7 Å². The highest BCUT2D eigenvalue weighted by Gasteiger charge is 2.34. The highest BCUT2D eigenvalue weighted by atomic mass is 16.5. The molecule has 0 fully saturated rings. The SMILES string of the molecule is CCC(C)(C(=O)OC)c1ccc(C)cc1. The molecule has 0 aliphatic heterocycles. The molecule has 0 aliphatic carbocycles. The molecule has 0 bridgehead atoms. The Hall–Kier alpha value is -1.31. The van der Waals surface area contributed by atoms with E-state index in [9.17, 15) is 4.79 Å². The van der Waals surface area contributed by atoms with Crippen LogP contribution in [0.5, 0.6) is 0 Å². The van der Waals surface area contributed by atoms with Gasteiger partial charge >= 0.3 is 5.97 Å². The Morgan fingerprint density at radius 3 is 2.27 bits per heavy atom. The number of ether oxygens (including phenoxy) is 1. The van der Waals surface area contributed by atoms with Crippen molar-refractivity contribution < 1.29 is 9.53 Å². The summed E-state index contributed by atoms with van der Waals surface area (Å²) in [6.07, 6.45) is 0.739. The molecule has 0 N–H and O–H groups in total. The number of aryl methyl sites for hydroxylation is 1. The van der Waals surface area contributed by atoms with Crippen molar-refractivity contribution in [2.45, 2.75) is 32.6 Å². The van der Waals surface area contributed by atoms with Crippen LogP contribution in [-0.2, 0) is 14.9 Å².